The standard InChI is InChI=1S/C15H21N3/c1-12-14-4-2-3-5-15(14)18(17-12)11-8-13-6-9-16-10-7-13/h2-5,13,16H,6-11H2,1H3. The van der Waals surface area contributed by atoms with Crippen molar-refractivity contribution < 1.29 is 0 Å². The molecule has 0 amide bonds. The number of benzene rings is 1. The van der Waals surface area contributed by atoms with E-state index in [0.717, 1.165) is 18.2 Å². The quantitative estimate of drug-likeness (QED) is 0.898. The van der Waals surface area contributed by atoms with Gasteiger partial charge in [0.15, 0.2) is 0 Å². The van der Waals surface area contributed by atoms with Gasteiger partial charge in [0.25, 0.3) is 0 Å². The first-order valence-corrected chi connectivity index (χ1v) is 6.97. The van der Waals surface area contributed by atoms with Gasteiger partial charge in [0.1, 0.15) is 0 Å². The SMILES string of the molecule is Cc1nn(CCC2CCNCC2)c2ccccc12. The average Bonchev–Trinajstić information content (AvgIpc) is 2.75. The first-order chi connectivity index (χ1) is 8.84. The number of fused-ring (bicyclic) bond motifs is 1. The fraction of sp³-hybridized carbons (Fsp3) is 0.533. The summed E-state index contributed by atoms with van der Waals surface area (Å²) >= 11 is 0. The van der Waals surface area contributed by atoms with Gasteiger partial charge in [-0.15, -0.1) is 0 Å². The maximum absolute atomic E-state index is 4.68. The van der Waals surface area contributed by atoms with Crippen LogP contribution in [0.2, 0.25) is 0 Å². The second kappa shape index (κ2) is 5.11. The summed E-state index contributed by atoms with van der Waals surface area (Å²) in [6.45, 7) is 5.52. The van der Waals surface area contributed by atoms with Crippen LogP contribution in [0.25, 0.3) is 10.9 Å². The van der Waals surface area contributed by atoms with E-state index in [1.807, 2.05) is 0 Å². The summed E-state index contributed by atoms with van der Waals surface area (Å²) in [5, 5.41) is 9.39. The van der Waals surface area contributed by atoms with Gasteiger partial charge < -0.3 is 5.32 Å². The fourth-order valence-corrected chi connectivity index (χ4v) is 2.94. The molecule has 3 nitrogen and oxygen atoms in total. The molecule has 0 saturated carbocycles. The third-order valence-electron chi connectivity index (χ3n) is 4.05. The topological polar surface area (TPSA) is 29.9 Å². The van der Waals surface area contributed by atoms with Crippen molar-refractivity contribution in [3.63, 3.8) is 0 Å². The fourth-order valence-electron chi connectivity index (χ4n) is 2.94. The largest absolute Gasteiger partial charge is 0.317 e. The Morgan fingerprint density at radius 1 is 1.28 bits per heavy atom. The van der Waals surface area contributed by atoms with Crippen molar-refractivity contribution in [3.8, 4) is 0 Å². The van der Waals surface area contributed by atoms with Crippen LogP contribution in [-0.4, -0.2) is 22.9 Å². The highest BCUT2D eigenvalue weighted by Crippen LogP contribution is 2.21. The summed E-state index contributed by atoms with van der Waals surface area (Å²) in [6.07, 6.45) is 3.89. The van der Waals surface area contributed by atoms with E-state index in [1.165, 1.54) is 43.3 Å². The van der Waals surface area contributed by atoms with Gasteiger partial charge >= 0.3 is 0 Å². The molecule has 1 aliphatic rings. The van der Waals surface area contributed by atoms with Gasteiger partial charge in [0.05, 0.1) is 11.2 Å². The lowest BCUT2D eigenvalue weighted by Crippen LogP contribution is -2.28. The summed E-state index contributed by atoms with van der Waals surface area (Å²) in [6, 6.07) is 8.54. The molecule has 3 heteroatoms. The third-order valence-corrected chi connectivity index (χ3v) is 4.05. The maximum atomic E-state index is 4.68. The third kappa shape index (κ3) is 2.27. The molecule has 1 aromatic carbocycles. The lowest BCUT2D eigenvalue weighted by Gasteiger charge is -2.22. The number of hydrogen-bond acceptors (Lipinski definition) is 2. The molecule has 1 aromatic heterocycles. The molecule has 0 radical (unpaired) electrons. The summed E-state index contributed by atoms with van der Waals surface area (Å²) in [5.41, 5.74) is 2.43. The summed E-state index contributed by atoms with van der Waals surface area (Å²) in [7, 11) is 0. The van der Waals surface area contributed by atoms with Gasteiger partial charge in [0.2, 0.25) is 0 Å². The number of para-hydroxylation sites is 1. The van der Waals surface area contributed by atoms with Crippen LogP contribution in [-0.2, 0) is 6.54 Å². The lowest BCUT2D eigenvalue weighted by atomic mass is 9.95. The van der Waals surface area contributed by atoms with Gasteiger partial charge in [-0.2, -0.15) is 5.10 Å². The minimum absolute atomic E-state index is 0.870. The van der Waals surface area contributed by atoms with E-state index in [1.54, 1.807) is 0 Å². The van der Waals surface area contributed by atoms with Crippen LogP contribution in [0.5, 0.6) is 0 Å². The van der Waals surface area contributed by atoms with Crippen LogP contribution < -0.4 is 5.32 Å². The molecule has 1 N–H and O–H groups in total. The Morgan fingerprint density at radius 2 is 2.06 bits per heavy atom. The number of hydrogen-bond donors (Lipinski definition) is 1. The maximum Gasteiger partial charge on any atom is 0.0685 e. The Balaban J connectivity index is 1.74. The van der Waals surface area contributed by atoms with Crippen LogP contribution in [0, 0.1) is 12.8 Å². The molecule has 0 unspecified atom stereocenters. The predicted molar refractivity (Wildman–Crippen MR) is 74.7 cm³/mol. The zero-order valence-electron chi connectivity index (χ0n) is 11.0. The number of aromatic nitrogens is 2. The Hall–Kier alpha value is -1.35. The van der Waals surface area contributed by atoms with Crippen molar-refractivity contribution in [1.82, 2.24) is 15.1 Å². The Bertz CT molecular complexity index is 524. The minimum Gasteiger partial charge on any atom is -0.317 e. The Kier molecular flexibility index (Phi) is 3.33. The van der Waals surface area contributed by atoms with E-state index in [9.17, 15) is 0 Å². The number of rotatable bonds is 3. The first kappa shape index (κ1) is 11.7. The first-order valence-electron chi connectivity index (χ1n) is 6.97. The molecular formula is C15H21N3. The second-order valence-corrected chi connectivity index (χ2v) is 5.31. The number of piperidine rings is 1. The highest BCUT2D eigenvalue weighted by Gasteiger charge is 2.14. The van der Waals surface area contributed by atoms with Gasteiger partial charge in [-0.1, -0.05) is 18.2 Å². The van der Waals surface area contributed by atoms with E-state index < -0.39 is 0 Å². The minimum atomic E-state index is 0.870. The van der Waals surface area contributed by atoms with Crippen LogP contribution >= 0.6 is 0 Å². The van der Waals surface area contributed by atoms with Gasteiger partial charge in [-0.05, 0) is 51.3 Å². The molecule has 0 aliphatic carbocycles. The van der Waals surface area contributed by atoms with Crippen molar-refractivity contribution in [2.45, 2.75) is 32.7 Å². The van der Waals surface area contributed by atoms with Gasteiger partial charge in [-0.25, -0.2) is 0 Å². The van der Waals surface area contributed by atoms with E-state index in [-0.39, 0.29) is 0 Å². The lowest BCUT2D eigenvalue weighted by molar-refractivity contribution is 0.334. The normalized spacial score (nSPS) is 17.4. The van der Waals surface area contributed by atoms with E-state index >= 15 is 0 Å². The zero-order valence-corrected chi connectivity index (χ0v) is 11.0. The smallest absolute Gasteiger partial charge is 0.0685 e. The number of nitrogens with one attached hydrogen (secondary N) is 1. The highest BCUT2D eigenvalue weighted by molar-refractivity contribution is 5.81. The van der Waals surface area contributed by atoms with Crippen LogP contribution in [0.15, 0.2) is 24.3 Å². The Labute approximate surface area is 108 Å². The molecule has 3 rings (SSSR count). The zero-order chi connectivity index (χ0) is 12.4. The van der Waals surface area contributed by atoms with E-state index in [2.05, 4.69) is 46.3 Å². The monoisotopic (exact) mass is 243 g/mol. The van der Waals surface area contributed by atoms with Crippen molar-refractivity contribution >= 4 is 10.9 Å². The van der Waals surface area contributed by atoms with Crippen molar-refractivity contribution in [3.05, 3.63) is 30.0 Å². The highest BCUT2D eigenvalue weighted by atomic mass is 15.3. The second-order valence-electron chi connectivity index (χ2n) is 5.31. The molecule has 1 saturated heterocycles. The van der Waals surface area contributed by atoms with Gasteiger partial charge in [-0.3, -0.25) is 4.68 Å². The number of aryl methyl sites for hydroxylation is 2. The number of nitrogens with zero attached hydrogens (tertiary/aromatic N) is 2. The molecule has 2 heterocycles. The van der Waals surface area contributed by atoms with Crippen LogP contribution in [0.4, 0.5) is 0 Å². The summed E-state index contributed by atoms with van der Waals surface area (Å²) in [5.74, 6) is 0.870. The van der Waals surface area contributed by atoms with Crippen molar-refractivity contribution in [2.24, 2.45) is 5.92 Å². The van der Waals surface area contributed by atoms with Crippen LogP contribution in [0.1, 0.15) is 25.0 Å². The molecular weight excluding hydrogens is 222 g/mol. The molecule has 2 aromatic rings. The predicted octanol–water partition coefficient (Wildman–Crippen LogP) is 2.73. The van der Waals surface area contributed by atoms with Crippen molar-refractivity contribution in [2.75, 3.05) is 13.1 Å². The van der Waals surface area contributed by atoms with E-state index in [4.69, 9.17) is 0 Å². The van der Waals surface area contributed by atoms with Gasteiger partial charge in [0, 0.05) is 11.9 Å². The average molecular weight is 243 g/mol. The Morgan fingerprint density at radius 3 is 2.89 bits per heavy atom. The summed E-state index contributed by atoms with van der Waals surface area (Å²) < 4.78 is 2.19. The molecule has 0 atom stereocenters. The molecule has 96 valence electrons. The molecule has 1 fully saturated rings. The summed E-state index contributed by atoms with van der Waals surface area (Å²) in [4.78, 5) is 0. The molecule has 0 spiro atoms. The molecule has 0 bridgehead atoms. The van der Waals surface area contributed by atoms with E-state index in [0.29, 0.717) is 0 Å². The molecule has 18 heavy (non-hydrogen) atoms. The van der Waals surface area contributed by atoms with Crippen LogP contribution in [0.3, 0.4) is 0 Å². The van der Waals surface area contributed by atoms with Crippen molar-refractivity contribution in [1.29, 1.82) is 0 Å². The molecule has 1 aliphatic heterocycles.